The van der Waals surface area contributed by atoms with Crippen LogP contribution in [0.25, 0.3) is 0 Å². The van der Waals surface area contributed by atoms with Crippen molar-refractivity contribution < 1.29 is 0 Å². The summed E-state index contributed by atoms with van der Waals surface area (Å²) in [7, 11) is 2.05. The first-order chi connectivity index (χ1) is 9.33. The van der Waals surface area contributed by atoms with Crippen molar-refractivity contribution in [1.82, 2.24) is 5.32 Å². The van der Waals surface area contributed by atoms with Gasteiger partial charge in [0.15, 0.2) is 0 Å². The lowest BCUT2D eigenvalue weighted by atomic mass is 9.83. The van der Waals surface area contributed by atoms with Gasteiger partial charge in [-0.2, -0.15) is 0 Å². The third-order valence-electron chi connectivity index (χ3n) is 4.65. The minimum Gasteiger partial charge on any atom is -0.319 e. The Morgan fingerprint density at radius 2 is 1.79 bits per heavy atom. The first-order valence-electron chi connectivity index (χ1n) is 8.07. The van der Waals surface area contributed by atoms with E-state index in [4.69, 9.17) is 0 Å². The summed E-state index contributed by atoms with van der Waals surface area (Å²) in [5.41, 5.74) is 3.08. The average Bonchev–Trinajstić information content (AvgIpc) is 2.48. The molecule has 1 aromatic carbocycles. The molecule has 0 heterocycles. The molecule has 1 fully saturated rings. The maximum atomic E-state index is 3.30. The van der Waals surface area contributed by atoms with Gasteiger partial charge in [-0.3, -0.25) is 0 Å². The van der Waals surface area contributed by atoms with Crippen LogP contribution in [-0.4, -0.2) is 13.6 Å². The molecule has 19 heavy (non-hydrogen) atoms. The summed E-state index contributed by atoms with van der Waals surface area (Å²) in [5, 5.41) is 3.30. The number of benzene rings is 1. The van der Waals surface area contributed by atoms with Crippen LogP contribution < -0.4 is 5.32 Å². The van der Waals surface area contributed by atoms with Crippen LogP contribution in [0, 0.1) is 5.92 Å². The minimum atomic E-state index is 0.769. The van der Waals surface area contributed by atoms with Crippen LogP contribution in [0.15, 0.2) is 24.3 Å². The SMILES string of the molecule is CCC(CNC)Cc1ccc(C2CCCCC2)cc1. The van der Waals surface area contributed by atoms with Crippen LogP contribution in [0.1, 0.15) is 62.5 Å². The highest BCUT2D eigenvalue weighted by atomic mass is 14.8. The van der Waals surface area contributed by atoms with E-state index in [9.17, 15) is 0 Å². The predicted octanol–water partition coefficient (Wildman–Crippen LogP) is 4.52. The molecule has 0 aliphatic heterocycles. The molecule has 1 unspecified atom stereocenters. The molecule has 106 valence electrons. The molecule has 2 rings (SSSR count). The van der Waals surface area contributed by atoms with Crippen molar-refractivity contribution in [3.8, 4) is 0 Å². The Bertz CT molecular complexity index is 348. The largest absolute Gasteiger partial charge is 0.319 e. The second-order valence-corrected chi connectivity index (χ2v) is 6.11. The summed E-state index contributed by atoms with van der Waals surface area (Å²) in [4.78, 5) is 0. The molecule has 0 saturated heterocycles. The Morgan fingerprint density at radius 3 is 2.37 bits per heavy atom. The molecule has 1 aromatic rings. The van der Waals surface area contributed by atoms with Gasteiger partial charge in [-0.25, -0.2) is 0 Å². The van der Waals surface area contributed by atoms with Crippen molar-refractivity contribution >= 4 is 0 Å². The van der Waals surface area contributed by atoms with Crippen molar-refractivity contribution in [2.75, 3.05) is 13.6 Å². The molecule has 1 aliphatic rings. The Hall–Kier alpha value is -0.820. The molecule has 0 spiro atoms. The molecule has 1 N–H and O–H groups in total. The summed E-state index contributed by atoms with van der Waals surface area (Å²) < 4.78 is 0. The standard InChI is InChI=1S/C18H29N/c1-3-15(14-19-2)13-16-9-11-18(12-10-16)17-7-5-4-6-8-17/h9-12,15,17,19H,3-8,13-14H2,1-2H3. The van der Waals surface area contributed by atoms with Crippen molar-refractivity contribution in [3.05, 3.63) is 35.4 Å². The first-order valence-corrected chi connectivity index (χ1v) is 8.07. The second kappa shape index (κ2) is 7.69. The van der Waals surface area contributed by atoms with Crippen LogP contribution in [-0.2, 0) is 6.42 Å². The van der Waals surface area contributed by atoms with E-state index in [0.717, 1.165) is 18.4 Å². The summed E-state index contributed by atoms with van der Waals surface area (Å²) in [5.74, 6) is 1.60. The van der Waals surface area contributed by atoms with Gasteiger partial charge < -0.3 is 5.32 Å². The number of hydrogen-bond acceptors (Lipinski definition) is 1. The lowest BCUT2D eigenvalue weighted by Crippen LogP contribution is -2.20. The molecule has 0 amide bonds. The Morgan fingerprint density at radius 1 is 1.11 bits per heavy atom. The van der Waals surface area contributed by atoms with E-state index in [2.05, 4.69) is 43.6 Å². The second-order valence-electron chi connectivity index (χ2n) is 6.11. The van der Waals surface area contributed by atoms with Crippen LogP contribution in [0.5, 0.6) is 0 Å². The molecule has 1 nitrogen and oxygen atoms in total. The monoisotopic (exact) mass is 259 g/mol. The number of hydrogen-bond donors (Lipinski definition) is 1. The molecular weight excluding hydrogens is 230 g/mol. The minimum absolute atomic E-state index is 0.769. The fourth-order valence-corrected chi connectivity index (χ4v) is 3.34. The summed E-state index contributed by atoms with van der Waals surface area (Å²) >= 11 is 0. The highest BCUT2D eigenvalue weighted by Crippen LogP contribution is 2.32. The van der Waals surface area contributed by atoms with Crippen molar-refractivity contribution in [2.45, 2.75) is 57.8 Å². The smallest absolute Gasteiger partial charge is 0.00204 e. The Kier molecular flexibility index (Phi) is 5.91. The molecule has 1 saturated carbocycles. The molecule has 1 atom stereocenters. The third kappa shape index (κ3) is 4.35. The fraction of sp³-hybridized carbons (Fsp3) is 0.667. The van der Waals surface area contributed by atoms with Gasteiger partial charge >= 0.3 is 0 Å². The molecular formula is C18H29N. The van der Waals surface area contributed by atoms with E-state index in [1.165, 1.54) is 50.5 Å². The molecule has 0 radical (unpaired) electrons. The highest BCUT2D eigenvalue weighted by molar-refractivity contribution is 5.26. The van der Waals surface area contributed by atoms with Crippen LogP contribution in [0.4, 0.5) is 0 Å². The molecule has 1 heteroatoms. The van der Waals surface area contributed by atoms with E-state index in [1.807, 2.05) is 0 Å². The first kappa shape index (κ1) is 14.6. The van der Waals surface area contributed by atoms with Crippen molar-refractivity contribution in [2.24, 2.45) is 5.92 Å². The summed E-state index contributed by atoms with van der Waals surface area (Å²) in [6, 6.07) is 9.50. The van der Waals surface area contributed by atoms with E-state index in [1.54, 1.807) is 5.56 Å². The predicted molar refractivity (Wildman–Crippen MR) is 83.7 cm³/mol. The van der Waals surface area contributed by atoms with Crippen molar-refractivity contribution in [3.63, 3.8) is 0 Å². The van der Waals surface area contributed by atoms with Gasteiger partial charge in [0.05, 0.1) is 0 Å². The van der Waals surface area contributed by atoms with Gasteiger partial charge in [0.1, 0.15) is 0 Å². The maximum absolute atomic E-state index is 3.30. The zero-order valence-corrected chi connectivity index (χ0v) is 12.6. The topological polar surface area (TPSA) is 12.0 Å². The molecule has 0 bridgehead atoms. The summed E-state index contributed by atoms with van der Waals surface area (Å²) in [6.45, 7) is 3.42. The van der Waals surface area contributed by atoms with Gasteiger partial charge in [-0.15, -0.1) is 0 Å². The van der Waals surface area contributed by atoms with E-state index in [0.29, 0.717) is 0 Å². The van der Waals surface area contributed by atoms with Gasteiger partial charge in [-0.1, -0.05) is 56.9 Å². The quantitative estimate of drug-likeness (QED) is 0.792. The Labute approximate surface area is 118 Å². The van der Waals surface area contributed by atoms with Gasteiger partial charge in [0, 0.05) is 0 Å². The van der Waals surface area contributed by atoms with E-state index < -0.39 is 0 Å². The maximum Gasteiger partial charge on any atom is -0.00204 e. The lowest BCUT2D eigenvalue weighted by molar-refractivity contribution is 0.443. The van der Waals surface area contributed by atoms with Crippen molar-refractivity contribution in [1.29, 1.82) is 0 Å². The average molecular weight is 259 g/mol. The zero-order chi connectivity index (χ0) is 13.5. The lowest BCUT2D eigenvalue weighted by Gasteiger charge is -2.22. The zero-order valence-electron chi connectivity index (χ0n) is 12.6. The molecule has 1 aliphatic carbocycles. The fourth-order valence-electron chi connectivity index (χ4n) is 3.34. The normalized spacial score (nSPS) is 18.4. The summed E-state index contributed by atoms with van der Waals surface area (Å²) in [6.07, 6.45) is 9.55. The van der Waals surface area contributed by atoms with Crippen LogP contribution in [0.3, 0.4) is 0 Å². The molecule has 0 aromatic heterocycles. The number of nitrogens with one attached hydrogen (secondary N) is 1. The number of rotatable bonds is 6. The van der Waals surface area contributed by atoms with E-state index >= 15 is 0 Å². The van der Waals surface area contributed by atoms with Gasteiger partial charge in [0.2, 0.25) is 0 Å². The van der Waals surface area contributed by atoms with Crippen LogP contribution >= 0.6 is 0 Å². The van der Waals surface area contributed by atoms with Gasteiger partial charge in [0.25, 0.3) is 0 Å². The highest BCUT2D eigenvalue weighted by Gasteiger charge is 2.15. The van der Waals surface area contributed by atoms with Crippen LogP contribution in [0.2, 0.25) is 0 Å². The Balaban J connectivity index is 1.93. The van der Waals surface area contributed by atoms with Gasteiger partial charge in [-0.05, 0) is 55.8 Å². The third-order valence-corrected chi connectivity index (χ3v) is 4.65. The van der Waals surface area contributed by atoms with E-state index in [-0.39, 0.29) is 0 Å².